The number of nitrogens with one attached hydrogen (secondary N) is 2. The van der Waals surface area contributed by atoms with Crippen molar-refractivity contribution in [2.75, 3.05) is 13.1 Å². The van der Waals surface area contributed by atoms with E-state index in [1.165, 1.54) is 12.1 Å². The van der Waals surface area contributed by atoms with Gasteiger partial charge in [0.1, 0.15) is 5.82 Å². The third-order valence-electron chi connectivity index (χ3n) is 3.55. The molecule has 1 heterocycles. The van der Waals surface area contributed by atoms with E-state index in [1.54, 1.807) is 6.92 Å². The van der Waals surface area contributed by atoms with Crippen molar-refractivity contribution in [3.63, 3.8) is 0 Å². The Kier molecular flexibility index (Phi) is 3.94. The molecule has 1 aromatic rings. The molecule has 1 aliphatic rings. The highest BCUT2D eigenvalue weighted by Crippen LogP contribution is 2.20. The van der Waals surface area contributed by atoms with Gasteiger partial charge in [0, 0.05) is 12.1 Å². The van der Waals surface area contributed by atoms with Gasteiger partial charge in [-0.15, -0.1) is 0 Å². The van der Waals surface area contributed by atoms with E-state index >= 15 is 0 Å². The average molecular weight is 286 g/mol. The molecule has 0 spiro atoms. The Bertz CT molecular complexity index is 566. The Morgan fingerprint density at radius 3 is 2.84 bits per heavy atom. The normalized spacial score (nSPS) is 23.7. The fourth-order valence-electron chi connectivity index (χ4n) is 2.30. The van der Waals surface area contributed by atoms with Crippen LogP contribution in [0.1, 0.15) is 25.3 Å². The maximum atomic E-state index is 13.2. The van der Waals surface area contributed by atoms with E-state index in [0.29, 0.717) is 12.1 Å². The van der Waals surface area contributed by atoms with Crippen LogP contribution < -0.4 is 10.0 Å². The largest absolute Gasteiger partial charge is 0.310 e. The van der Waals surface area contributed by atoms with E-state index < -0.39 is 15.8 Å². The van der Waals surface area contributed by atoms with Gasteiger partial charge in [0.25, 0.3) is 0 Å². The van der Waals surface area contributed by atoms with Crippen molar-refractivity contribution < 1.29 is 12.8 Å². The fraction of sp³-hybridized carbons (Fsp3) is 0.538. The van der Waals surface area contributed by atoms with Crippen LogP contribution in [0.3, 0.4) is 0 Å². The first-order valence-corrected chi connectivity index (χ1v) is 7.82. The molecular weight excluding hydrogens is 267 g/mol. The number of sulfonamides is 1. The minimum atomic E-state index is -3.67. The predicted molar refractivity (Wildman–Crippen MR) is 72.0 cm³/mol. The molecule has 0 aliphatic carbocycles. The van der Waals surface area contributed by atoms with Crippen LogP contribution in [0.5, 0.6) is 0 Å². The molecule has 1 aromatic carbocycles. The topological polar surface area (TPSA) is 58.2 Å². The summed E-state index contributed by atoms with van der Waals surface area (Å²) in [5.41, 5.74) is 0.326. The van der Waals surface area contributed by atoms with Gasteiger partial charge in [0.2, 0.25) is 10.0 Å². The van der Waals surface area contributed by atoms with E-state index in [4.69, 9.17) is 0 Å². The van der Waals surface area contributed by atoms with Crippen molar-refractivity contribution in [3.05, 3.63) is 29.6 Å². The molecule has 0 saturated carbocycles. The van der Waals surface area contributed by atoms with Crippen molar-refractivity contribution in [1.29, 1.82) is 0 Å². The smallest absolute Gasteiger partial charge is 0.240 e. The highest BCUT2D eigenvalue weighted by molar-refractivity contribution is 7.89. The van der Waals surface area contributed by atoms with E-state index in [1.807, 2.05) is 6.92 Å². The van der Waals surface area contributed by atoms with Crippen molar-refractivity contribution >= 4 is 10.0 Å². The zero-order valence-electron chi connectivity index (χ0n) is 11.2. The number of halogens is 1. The third-order valence-corrected chi connectivity index (χ3v) is 5.09. The highest BCUT2D eigenvalue weighted by atomic mass is 32.2. The first kappa shape index (κ1) is 14.4. The molecule has 1 saturated heterocycles. The van der Waals surface area contributed by atoms with Crippen LogP contribution in [0.25, 0.3) is 0 Å². The van der Waals surface area contributed by atoms with Gasteiger partial charge in [-0.1, -0.05) is 6.07 Å². The summed E-state index contributed by atoms with van der Waals surface area (Å²) in [6.07, 6.45) is 1.97. The molecule has 1 atom stereocenters. The molecule has 1 aliphatic heterocycles. The number of aryl methyl sites for hydroxylation is 1. The Morgan fingerprint density at radius 2 is 2.21 bits per heavy atom. The minimum Gasteiger partial charge on any atom is -0.310 e. The quantitative estimate of drug-likeness (QED) is 0.883. The van der Waals surface area contributed by atoms with Gasteiger partial charge < -0.3 is 5.32 Å². The molecule has 6 heteroatoms. The maximum Gasteiger partial charge on any atom is 0.240 e. The van der Waals surface area contributed by atoms with Gasteiger partial charge in [-0.05, 0) is 50.9 Å². The zero-order chi connectivity index (χ0) is 14.1. The number of benzene rings is 1. The molecule has 2 N–H and O–H groups in total. The molecule has 0 aromatic heterocycles. The van der Waals surface area contributed by atoms with Crippen LogP contribution in [0, 0.1) is 12.7 Å². The Hall–Kier alpha value is -0.980. The van der Waals surface area contributed by atoms with Crippen LogP contribution in [0.4, 0.5) is 4.39 Å². The van der Waals surface area contributed by atoms with Crippen molar-refractivity contribution in [2.45, 2.75) is 37.1 Å². The van der Waals surface area contributed by atoms with Gasteiger partial charge in [-0.3, -0.25) is 0 Å². The van der Waals surface area contributed by atoms with Gasteiger partial charge in [0.05, 0.1) is 4.90 Å². The summed E-state index contributed by atoms with van der Waals surface area (Å²) in [6.45, 7) is 4.85. The lowest BCUT2D eigenvalue weighted by molar-refractivity contribution is 0.409. The van der Waals surface area contributed by atoms with Crippen molar-refractivity contribution in [3.8, 4) is 0 Å². The maximum absolute atomic E-state index is 13.2. The van der Waals surface area contributed by atoms with Crippen LogP contribution in [0.15, 0.2) is 23.1 Å². The average Bonchev–Trinajstić information content (AvgIpc) is 2.78. The Balaban J connectivity index is 2.16. The molecule has 1 fully saturated rings. The van der Waals surface area contributed by atoms with Gasteiger partial charge in [-0.2, -0.15) is 0 Å². The molecule has 0 radical (unpaired) electrons. The first-order valence-electron chi connectivity index (χ1n) is 6.33. The molecule has 106 valence electrons. The monoisotopic (exact) mass is 286 g/mol. The summed E-state index contributed by atoms with van der Waals surface area (Å²) in [5, 5.41) is 3.28. The first-order chi connectivity index (χ1) is 8.82. The molecular formula is C13H19FN2O2S. The lowest BCUT2D eigenvalue weighted by Crippen LogP contribution is -2.47. The Labute approximate surface area is 113 Å². The lowest BCUT2D eigenvalue weighted by atomic mass is 10.0. The van der Waals surface area contributed by atoms with Crippen molar-refractivity contribution in [2.24, 2.45) is 0 Å². The van der Waals surface area contributed by atoms with Crippen molar-refractivity contribution in [1.82, 2.24) is 10.0 Å². The van der Waals surface area contributed by atoms with Crippen LogP contribution >= 0.6 is 0 Å². The van der Waals surface area contributed by atoms with E-state index in [-0.39, 0.29) is 10.4 Å². The van der Waals surface area contributed by atoms with E-state index in [9.17, 15) is 12.8 Å². The van der Waals surface area contributed by atoms with E-state index in [0.717, 1.165) is 25.5 Å². The molecule has 4 nitrogen and oxygen atoms in total. The van der Waals surface area contributed by atoms with Crippen LogP contribution in [0.2, 0.25) is 0 Å². The standard InChI is InChI=1S/C13H19FN2O2S/c1-10-4-5-11(14)8-12(10)19(17,18)16-9-13(2)6-3-7-15-13/h4-5,8,15-16H,3,6-7,9H2,1-2H3. The minimum absolute atomic E-state index is 0.00842. The van der Waals surface area contributed by atoms with E-state index in [2.05, 4.69) is 10.0 Å². The summed E-state index contributed by atoms with van der Waals surface area (Å²) in [5.74, 6) is -0.545. The van der Waals surface area contributed by atoms with Gasteiger partial charge in [0.15, 0.2) is 0 Å². The molecule has 0 bridgehead atoms. The zero-order valence-corrected chi connectivity index (χ0v) is 12.0. The predicted octanol–water partition coefficient (Wildman–Crippen LogP) is 1.55. The second kappa shape index (κ2) is 5.19. The van der Waals surface area contributed by atoms with Gasteiger partial charge in [-0.25, -0.2) is 17.5 Å². The van der Waals surface area contributed by atoms with Gasteiger partial charge >= 0.3 is 0 Å². The molecule has 19 heavy (non-hydrogen) atoms. The lowest BCUT2D eigenvalue weighted by Gasteiger charge is -2.24. The SMILES string of the molecule is Cc1ccc(F)cc1S(=O)(=O)NCC1(C)CCCN1. The second-order valence-electron chi connectivity index (χ2n) is 5.33. The summed E-state index contributed by atoms with van der Waals surface area (Å²) < 4.78 is 40.2. The summed E-state index contributed by atoms with van der Waals surface area (Å²) in [4.78, 5) is 0.00842. The fourth-order valence-corrected chi connectivity index (χ4v) is 3.73. The highest BCUT2D eigenvalue weighted by Gasteiger charge is 2.30. The molecule has 0 amide bonds. The summed E-state index contributed by atoms with van der Waals surface area (Å²) in [7, 11) is -3.67. The molecule has 2 rings (SSSR count). The number of hydrogen-bond acceptors (Lipinski definition) is 3. The summed E-state index contributed by atoms with van der Waals surface area (Å²) >= 11 is 0. The second-order valence-corrected chi connectivity index (χ2v) is 7.06. The number of hydrogen-bond donors (Lipinski definition) is 2. The molecule has 1 unspecified atom stereocenters. The van der Waals surface area contributed by atoms with Crippen LogP contribution in [-0.4, -0.2) is 27.0 Å². The number of rotatable bonds is 4. The van der Waals surface area contributed by atoms with Crippen LogP contribution in [-0.2, 0) is 10.0 Å². The third kappa shape index (κ3) is 3.32. The Morgan fingerprint density at radius 1 is 1.47 bits per heavy atom. The summed E-state index contributed by atoms with van der Waals surface area (Å²) in [6, 6.07) is 3.79.